The van der Waals surface area contributed by atoms with Crippen LogP contribution in [-0.4, -0.2) is 41.1 Å². The Morgan fingerprint density at radius 2 is 1.71 bits per heavy atom. The van der Waals surface area contributed by atoms with E-state index in [0.29, 0.717) is 11.8 Å². The summed E-state index contributed by atoms with van der Waals surface area (Å²) in [5, 5.41) is 0.203. The predicted molar refractivity (Wildman–Crippen MR) is 113 cm³/mol. The minimum absolute atomic E-state index is 0.0791. The van der Waals surface area contributed by atoms with Gasteiger partial charge in [-0.05, 0) is 49.7 Å². The molecule has 1 saturated carbocycles. The van der Waals surface area contributed by atoms with Gasteiger partial charge in [0.2, 0.25) is 0 Å². The quantitative estimate of drug-likeness (QED) is 0.187. The maximum Gasteiger partial charge on any atom is 0.324 e. The first-order valence-corrected chi connectivity index (χ1v) is 12.7. The Labute approximate surface area is 171 Å². The molecule has 0 aromatic carbocycles. The number of hydrogen-bond acceptors (Lipinski definition) is 5. The third kappa shape index (κ3) is 5.96. The zero-order valence-corrected chi connectivity index (χ0v) is 19.7. The van der Waals surface area contributed by atoms with E-state index in [2.05, 4.69) is 51.8 Å². The van der Waals surface area contributed by atoms with E-state index in [9.17, 15) is 9.59 Å². The van der Waals surface area contributed by atoms with Crippen LogP contribution in [0.5, 0.6) is 0 Å². The smallest absolute Gasteiger partial charge is 0.324 e. The minimum atomic E-state index is -1.73. The van der Waals surface area contributed by atoms with Gasteiger partial charge in [-0.1, -0.05) is 32.9 Å². The van der Waals surface area contributed by atoms with Crippen molar-refractivity contribution in [3.63, 3.8) is 0 Å². The standard InChI is InChI=1S/C22H36O5Si/c1-9-10-13-22(19(23)25-5,20(24)26-6)14-11-12-17-15-18(17)16-27-28(7,8)21(2,3)4/h11-12,17-18H,13-16H2,1-8H3/b12-11+/t17-,18+/m0/s1. The van der Waals surface area contributed by atoms with Gasteiger partial charge in [0.15, 0.2) is 13.7 Å². The van der Waals surface area contributed by atoms with E-state index < -0.39 is 25.7 Å². The Kier molecular flexibility index (Phi) is 8.52. The Balaban J connectivity index is 2.73. The van der Waals surface area contributed by atoms with Crippen LogP contribution in [0, 0.1) is 29.1 Å². The van der Waals surface area contributed by atoms with E-state index in [0.717, 1.165) is 13.0 Å². The van der Waals surface area contributed by atoms with Crippen LogP contribution in [0.2, 0.25) is 18.1 Å². The molecular formula is C22H36O5Si. The molecule has 2 atom stereocenters. The van der Waals surface area contributed by atoms with Crippen LogP contribution in [0.4, 0.5) is 0 Å². The van der Waals surface area contributed by atoms with Crippen LogP contribution < -0.4 is 0 Å². The second-order valence-corrected chi connectivity index (χ2v) is 13.8. The van der Waals surface area contributed by atoms with Crippen LogP contribution in [0.15, 0.2) is 12.2 Å². The minimum Gasteiger partial charge on any atom is -0.468 e. The summed E-state index contributed by atoms with van der Waals surface area (Å²) < 4.78 is 16.1. The number of methoxy groups -OCH3 is 2. The second kappa shape index (κ2) is 9.75. The number of rotatable bonds is 9. The predicted octanol–water partition coefficient (Wildman–Crippen LogP) is 4.34. The van der Waals surface area contributed by atoms with Crippen molar-refractivity contribution in [1.82, 2.24) is 0 Å². The molecule has 1 fully saturated rings. The summed E-state index contributed by atoms with van der Waals surface area (Å²) in [6, 6.07) is 0. The normalized spacial score (nSPS) is 19.7. The van der Waals surface area contributed by atoms with Crippen molar-refractivity contribution in [2.45, 2.75) is 65.1 Å². The van der Waals surface area contributed by atoms with Crippen molar-refractivity contribution < 1.29 is 23.5 Å². The highest BCUT2D eigenvalue weighted by Gasteiger charge is 2.47. The molecule has 0 radical (unpaired) electrons. The lowest BCUT2D eigenvalue weighted by Gasteiger charge is -2.36. The van der Waals surface area contributed by atoms with Crippen molar-refractivity contribution in [1.29, 1.82) is 0 Å². The van der Waals surface area contributed by atoms with Crippen molar-refractivity contribution in [3.8, 4) is 11.8 Å². The summed E-state index contributed by atoms with van der Waals surface area (Å²) in [6.45, 7) is 13.7. The summed E-state index contributed by atoms with van der Waals surface area (Å²) in [6.07, 6.45) is 5.34. The SMILES string of the molecule is CC#CCC(C/C=C/[C@H]1C[C@@H]1CO[Si](C)(C)C(C)(C)C)(C(=O)OC)C(=O)OC. The fraction of sp³-hybridized carbons (Fsp3) is 0.727. The van der Waals surface area contributed by atoms with E-state index in [-0.39, 0.29) is 17.9 Å². The fourth-order valence-corrected chi connectivity index (χ4v) is 3.83. The first-order chi connectivity index (χ1) is 12.9. The highest BCUT2D eigenvalue weighted by atomic mass is 28.4. The summed E-state index contributed by atoms with van der Waals surface area (Å²) in [7, 11) is 0.817. The summed E-state index contributed by atoms with van der Waals surface area (Å²) in [4.78, 5) is 24.7. The average Bonchev–Trinajstić information content (AvgIpc) is 3.39. The second-order valence-electron chi connectivity index (χ2n) is 9.03. The lowest BCUT2D eigenvalue weighted by Crippen LogP contribution is -2.41. The van der Waals surface area contributed by atoms with Gasteiger partial charge >= 0.3 is 11.9 Å². The lowest BCUT2D eigenvalue weighted by molar-refractivity contribution is -0.168. The molecular weight excluding hydrogens is 372 g/mol. The number of carbonyl (C=O) groups excluding carboxylic acids is 2. The van der Waals surface area contributed by atoms with Gasteiger partial charge in [-0.3, -0.25) is 9.59 Å². The molecule has 0 aromatic rings. The monoisotopic (exact) mass is 408 g/mol. The molecule has 0 aromatic heterocycles. The van der Waals surface area contributed by atoms with Crippen LogP contribution >= 0.6 is 0 Å². The number of allylic oxidation sites excluding steroid dienone is 2. The van der Waals surface area contributed by atoms with Gasteiger partial charge in [0.05, 0.1) is 14.2 Å². The molecule has 0 amide bonds. The van der Waals surface area contributed by atoms with Gasteiger partial charge in [0, 0.05) is 13.0 Å². The summed E-state index contributed by atoms with van der Waals surface area (Å²) in [5.74, 6) is 5.28. The molecule has 0 N–H and O–H groups in total. The highest BCUT2D eigenvalue weighted by molar-refractivity contribution is 6.74. The van der Waals surface area contributed by atoms with Gasteiger partial charge in [0.1, 0.15) is 0 Å². The third-order valence-electron chi connectivity index (χ3n) is 6.01. The van der Waals surface area contributed by atoms with Crippen LogP contribution in [0.3, 0.4) is 0 Å². The number of hydrogen-bond donors (Lipinski definition) is 0. The first-order valence-electron chi connectivity index (χ1n) is 9.82. The molecule has 0 heterocycles. The Morgan fingerprint density at radius 1 is 1.14 bits per heavy atom. The number of carbonyl (C=O) groups is 2. The van der Waals surface area contributed by atoms with Crippen molar-refractivity contribution in [3.05, 3.63) is 12.2 Å². The van der Waals surface area contributed by atoms with E-state index in [1.54, 1.807) is 6.92 Å². The van der Waals surface area contributed by atoms with Crippen molar-refractivity contribution >= 4 is 20.3 Å². The van der Waals surface area contributed by atoms with Gasteiger partial charge < -0.3 is 13.9 Å². The molecule has 158 valence electrons. The van der Waals surface area contributed by atoms with Crippen LogP contribution in [0.25, 0.3) is 0 Å². The molecule has 28 heavy (non-hydrogen) atoms. The zero-order valence-electron chi connectivity index (χ0n) is 18.7. The van der Waals surface area contributed by atoms with Crippen molar-refractivity contribution in [2.24, 2.45) is 17.3 Å². The third-order valence-corrected chi connectivity index (χ3v) is 10.5. The van der Waals surface area contributed by atoms with Crippen molar-refractivity contribution in [2.75, 3.05) is 20.8 Å². The lowest BCUT2D eigenvalue weighted by atomic mass is 9.81. The Morgan fingerprint density at radius 3 is 2.18 bits per heavy atom. The van der Waals surface area contributed by atoms with Gasteiger partial charge in [-0.2, -0.15) is 0 Å². The maximum absolute atomic E-state index is 12.4. The molecule has 0 unspecified atom stereocenters. The Bertz CT molecular complexity index is 632. The average molecular weight is 409 g/mol. The van der Waals surface area contributed by atoms with E-state index >= 15 is 0 Å². The number of ether oxygens (including phenoxy) is 2. The molecule has 1 aliphatic rings. The molecule has 0 saturated heterocycles. The molecule has 0 bridgehead atoms. The molecule has 0 spiro atoms. The highest BCUT2D eigenvalue weighted by Crippen LogP contribution is 2.43. The van der Waals surface area contributed by atoms with Gasteiger partial charge in [0.25, 0.3) is 0 Å². The molecule has 1 aliphatic carbocycles. The first kappa shape index (κ1) is 24.5. The van der Waals surface area contributed by atoms with E-state index in [1.807, 2.05) is 6.08 Å². The largest absolute Gasteiger partial charge is 0.468 e. The summed E-state index contributed by atoms with van der Waals surface area (Å²) in [5.41, 5.74) is -1.41. The van der Waals surface area contributed by atoms with E-state index in [4.69, 9.17) is 13.9 Å². The molecule has 5 nitrogen and oxygen atoms in total. The van der Waals surface area contributed by atoms with Crippen LogP contribution in [0.1, 0.15) is 47.0 Å². The molecule has 6 heteroatoms. The molecule has 0 aliphatic heterocycles. The van der Waals surface area contributed by atoms with Crippen LogP contribution in [-0.2, 0) is 23.5 Å². The van der Waals surface area contributed by atoms with Gasteiger partial charge in [-0.15, -0.1) is 11.8 Å². The fourth-order valence-electron chi connectivity index (χ4n) is 2.77. The zero-order chi connectivity index (χ0) is 21.6. The van der Waals surface area contributed by atoms with E-state index in [1.165, 1.54) is 14.2 Å². The van der Waals surface area contributed by atoms with Gasteiger partial charge in [-0.25, -0.2) is 0 Å². The number of esters is 2. The summed E-state index contributed by atoms with van der Waals surface area (Å²) >= 11 is 0. The topological polar surface area (TPSA) is 61.8 Å². The molecule has 1 rings (SSSR count). The maximum atomic E-state index is 12.4. The Hall–Kier alpha value is -1.58.